The minimum Gasteiger partial charge on any atom is -0.395 e. The van der Waals surface area contributed by atoms with Crippen molar-refractivity contribution >= 4 is 27.4 Å². The third-order valence-corrected chi connectivity index (χ3v) is 5.49. The highest BCUT2D eigenvalue weighted by Gasteiger charge is 2.23. The second kappa shape index (κ2) is 6.84. The molecule has 6 heteroatoms. The Morgan fingerprint density at radius 3 is 2.92 bits per heavy atom. The molecule has 2 N–H and O–H groups in total. The Labute approximate surface area is 145 Å². The Balaban J connectivity index is 1.60. The van der Waals surface area contributed by atoms with Gasteiger partial charge in [0.2, 0.25) is 0 Å². The van der Waals surface area contributed by atoms with E-state index in [0.717, 1.165) is 42.1 Å². The summed E-state index contributed by atoms with van der Waals surface area (Å²) in [5.41, 5.74) is 2.73. The van der Waals surface area contributed by atoms with Gasteiger partial charge in [-0.15, -0.1) is 11.3 Å². The lowest BCUT2D eigenvalue weighted by atomic mass is 10.0. The summed E-state index contributed by atoms with van der Waals surface area (Å²) in [6.07, 6.45) is 2.62. The van der Waals surface area contributed by atoms with E-state index in [2.05, 4.69) is 50.5 Å². The van der Waals surface area contributed by atoms with Gasteiger partial charge in [0, 0.05) is 31.1 Å². The SMILES string of the molecule is OCCNc1ncnc2sc3c(c12)CCN(Cc1ccccc1)C3. The third-order valence-electron chi connectivity index (χ3n) is 4.37. The van der Waals surface area contributed by atoms with Gasteiger partial charge in [0.05, 0.1) is 12.0 Å². The molecule has 4 rings (SSSR count). The Hall–Kier alpha value is -2.02. The molecule has 3 aromatic rings. The number of nitrogens with zero attached hydrogens (tertiary/aromatic N) is 3. The maximum atomic E-state index is 9.05. The number of nitrogens with one attached hydrogen (secondary N) is 1. The van der Waals surface area contributed by atoms with Crippen LogP contribution < -0.4 is 5.32 Å². The summed E-state index contributed by atoms with van der Waals surface area (Å²) in [7, 11) is 0. The molecule has 1 aliphatic rings. The van der Waals surface area contributed by atoms with E-state index in [1.54, 1.807) is 17.7 Å². The summed E-state index contributed by atoms with van der Waals surface area (Å²) in [4.78, 5) is 13.7. The smallest absolute Gasteiger partial charge is 0.138 e. The molecular formula is C18H20N4OS. The second-order valence-electron chi connectivity index (χ2n) is 6.00. The molecule has 2 aromatic heterocycles. The van der Waals surface area contributed by atoms with Crippen molar-refractivity contribution in [1.82, 2.24) is 14.9 Å². The van der Waals surface area contributed by atoms with E-state index in [-0.39, 0.29) is 6.61 Å². The molecule has 0 radical (unpaired) electrons. The first kappa shape index (κ1) is 15.5. The van der Waals surface area contributed by atoms with Crippen LogP contribution in [0.5, 0.6) is 0 Å². The fraction of sp³-hybridized carbons (Fsp3) is 0.333. The monoisotopic (exact) mass is 340 g/mol. The molecule has 124 valence electrons. The maximum absolute atomic E-state index is 9.05. The van der Waals surface area contributed by atoms with E-state index in [4.69, 9.17) is 5.11 Å². The van der Waals surface area contributed by atoms with Crippen molar-refractivity contribution < 1.29 is 5.11 Å². The normalized spacial score (nSPS) is 14.7. The summed E-state index contributed by atoms with van der Waals surface area (Å²) in [5.74, 6) is 0.850. The highest BCUT2D eigenvalue weighted by molar-refractivity contribution is 7.18. The van der Waals surface area contributed by atoms with Crippen LogP contribution in [0.15, 0.2) is 36.7 Å². The van der Waals surface area contributed by atoms with Crippen molar-refractivity contribution in [2.45, 2.75) is 19.5 Å². The Morgan fingerprint density at radius 1 is 1.21 bits per heavy atom. The first-order valence-corrected chi connectivity index (χ1v) is 9.03. The Bertz CT molecular complexity index is 834. The van der Waals surface area contributed by atoms with Crippen LogP contribution in [0.3, 0.4) is 0 Å². The lowest BCUT2D eigenvalue weighted by Crippen LogP contribution is -2.29. The van der Waals surface area contributed by atoms with Gasteiger partial charge in [-0.05, 0) is 17.5 Å². The Kier molecular flexibility index (Phi) is 4.42. The molecule has 0 aliphatic carbocycles. The van der Waals surface area contributed by atoms with Crippen LogP contribution in [0.4, 0.5) is 5.82 Å². The zero-order valence-electron chi connectivity index (χ0n) is 13.4. The quantitative estimate of drug-likeness (QED) is 0.748. The average Bonchev–Trinajstić information content (AvgIpc) is 2.99. The molecule has 5 nitrogen and oxygen atoms in total. The molecule has 0 saturated heterocycles. The molecule has 0 atom stereocenters. The first-order valence-electron chi connectivity index (χ1n) is 8.21. The topological polar surface area (TPSA) is 61.3 Å². The van der Waals surface area contributed by atoms with Gasteiger partial charge < -0.3 is 10.4 Å². The highest BCUT2D eigenvalue weighted by Crippen LogP contribution is 2.37. The predicted molar refractivity (Wildman–Crippen MR) is 97.3 cm³/mol. The number of hydrogen-bond donors (Lipinski definition) is 2. The molecule has 1 aliphatic heterocycles. The van der Waals surface area contributed by atoms with Gasteiger partial charge in [-0.2, -0.15) is 0 Å². The lowest BCUT2D eigenvalue weighted by Gasteiger charge is -2.27. The number of hydrogen-bond acceptors (Lipinski definition) is 6. The fourth-order valence-corrected chi connectivity index (χ4v) is 4.50. The average molecular weight is 340 g/mol. The number of fused-ring (bicyclic) bond motifs is 3. The highest BCUT2D eigenvalue weighted by atomic mass is 32.1. The molecule has 24 heavy (non-hydrogen) atoms. The minimum atomic E-state index is 0.0999. The molecule has 0 spiro atoms. The molecule has 3 heterocycles. The van der Waals surface area contributed by atoms with Crippen molar-refractivity contribution in [3.05, 3.63) is 52.7 Å². The summed E-state index contributed by atoms with van der Waals surface area (Å²) in [5, 5.41) is 13.4. The number of aliphatic hydroxyl groups is 1. The van der Waals surface area contributed by atoms with Crippen molar-refractivity contribution in [3.63, 3.8) is 0 Å². The Morgan fingerprint density at radius 2 is 2.08 bits per heavy atom. The molecule has 1 aromatic carbocycles. The maximum Gasteiger partial charge on any atom is 0.138 e. The van der Waals surface area contributed by atoms with E-state index < -0.39 is 0 Å². The number of aromatic nitrogens is 2. The van der Waals surface area contributed by atoms with Crippen LogP contribution in [0, 0.1) is 0 Å². The number of thiophene rings is 1. The van der Waals surface area contributed by atoms with Gasteiger partial charge in [-0.25, -0.2) is 9.97 Å². The molecule has 0 bridgehead atoms. The largest absolute Gasteiger partial charge is 0.395 e. The molecule has 0 saturated carbocycles. The van der Waals surface area contributed by atoms with Crippen molar-refractivity contribution in [2.75, 3.05) is 25.0 Å². The third kappa shape index (κ3) is 3.00. The van der Waals surface area contributed by atoms with Crippen LogP contribution in [0.25, 0.3) is 10.2 Å². The van der Waals surface area contributed by atoms with Gasteiger partial charge in [0.1, 0.15) is 17.0 Å². The zero-order valence-corrected chi connectivity index (χ0v) is 14.2. The summed E-state index contributed by atoms with van der Waals surface area (Å²) in [6.45, 7) is 3.60. The summed E-state index contributed by atoms with van der Waals surface area (Å²) in [6, 6.07) is 10.6. The van der Waals surface area contributed by atoms with Gasteiger partial charge in [-0.1, -0.05) is 30.3 Å². The van der Waals surface area contributed by atoms with Crippen LogP contribution in [-0.4, -0.2) is 39.7 Å². The number of rotatable bonds is 5. The number of anilines is 1. The van der Waals surface area contributed by atoms with E-state index in [0.29, 0.717) is 6.54 Å². The molecule has 0 unspecified atom stereocenters. The van der Waals surface area contributed by atoms with Gasteiger partial charge in [-0.3, -0.25) is 4.90 Å². The van der Waals surface area contributed by atoms with Crippen LogP contribution in [0.2, 0.25) is 0 Å². The molecular weight excluding hydrogens is 320 g/mol. The van der Waals surface area contributed by atoms with Gasteiger partial charge in [0.25, 0.3) is 0 Å². The van der Waals surface area contributed by atoms with Crippen molar-refractivity contribution in [1.29, 1.82) is 0 Å². The van der Waals surface area contributed by atoms with Gasteiger partial charge >= 0.3 is 0 Å². The fourth-order valence-electron chi connectivity index (χ4n) is 3.27. The lowest BCUT2D eigenvalue weighted by molar-refractivity contribution is 0.249. The standard InChI is InChI=1S/C18H20N4OS/c23-9-7-19-17-16-14-6-8-22(10-13-4-2-1-3-5-13)11-15(14)24-18(16)21-12-20-17/h1-5,12,23H,6-11H2,(H,19,20,21). The van der Waals surface area contributed by atoms with Crippen LogP contribution in [0.1, 0.15) is 16.0 Å². The van der Waals surface area contributed by atoms with E-state index >= 15 is 0 Å². The summed E-state index contributed by atoms with van der Waals surface area (Å²) >= 11 is 1.77. The van der Waals surface area contributed by atoms with E-state index in [1.807, 2.05) is 0 Å². The van der Waals surface area contributed by atoms with Crippen molar-refractivity contribution in [2.24, 2.45) is 0 Å². The minimum absolute atomic E-state index is 0.0999. The van der Waals surface area contributed by atoms with Crippen LogP contribution in [-0.2, 0) is 19.5 Å². The molecule has 0 fully saturated rings. The second-order valence-corrected chi connectivity index (χ2v) is 7.09. The van der Waals surface area contributed by atoms with Crippen molar-refractivity contribution in [3.8, 4) is 0 Å². The number of aliphatic hydroxyl groups excluding tert-OH is 1. The molecule has 0 amide bonds. The van der Waals surface area contributed by atoms with Gasteiger partial charge in [0.15, 0.2) is 0 Å². The predicted octanol–water partition coefficient (Wildman–Crippen LogP) is 2.65. The van der Waals surface area contributed by atoms with Crippen LogP contribution >= 0.6 is 11.3 Å². The first-order chi connectivity index (χ1) is 11.8. The zero-order chi connectivity index (χ0) is 16.4. The number of benzene rings is 1. The summed E-state index contributed by atoms with van der Waals surface area (Å²) < 4.78 is 0. The van der Waals surface area contributed by atoms with E-state index in [9.17, 15) is 0 Å². The van der Waals surface area contributed by atoms with E-state index in [1.165, 1.54) is 16.0 Å².